The molecule has 0 bridgehead atoms. The van der Waals surface area contributed by atoms with E-state index >= 15 is 0 Å². The molecule has 3 rings (SSSR count). The molecule has 0 saturated carbocycles. The molecule has 0 aliphatic rings. The van der Waals surface area contributed by atoms with Gasteiger partial charge in [0.05, 0.1) is 18.3 Å². The van der Waals surface area contributed by atoms with E-state index in [1.165, 1.54) is 4.68 Å². The van der Waals surface area contributed by atoms with E-state index in [-0.39, 0.29) is 18.2 Å². The fourth-order valence-electron chi connectivity index (χ4n) is 2.23. The van der Waals surface area contributed by atoms with Crippen molar-refractivity contribution in [3.05, 3.63) is 46.7 Å². The highest BCUT2D eigenvalue weighted by molar-refractivity contribution is 7.71. The number of hydrogen-bond acceptors (Lipinski definition) is 6. The van der Waals surface area contributed by atoms with Crippen LogP contribution in [-0.2, 0) is 4.74 Å². The highest BCUT2D eigenvalue weighted by atomic mass is 32.1. The van der Waals surface area contributed by atoms with Crippen molar-refractivity contribution in [2.45, 2.75) is 6.92 Å². The third-order valence-electron chi connectivity index (χ3n) is 3.31. The number of nitrogens with one attached hydrogen (secondary N) is 2. The van der Waals surface area contributed by atoms with Gasteiger partial charge in [-0.1, -0.05) is 30.3 Å². The molecule has 0 fully saturated rings. The van der Waals surface area contributed by atoms with Crippen LogP contribution < -0.4 is 11.1 Å². The van der Waals surface area contributed by atoms with Crippen LogP contribution in [0.2, 0.25) is 0 Å². The molecule has 0 aliphatic heterocycles. The van der Waals surface area contributed by atoms with Crippen LogP contribution in [0.15, 0.2) is 41.5 Å². The minimum Gasteiger partial charge on any atom is -0.450 e. The predicted octanol–water partition coefficient (Wildman–Crippen LogP) is 3.13. The quantitative estimate of drug-likeness (QED) is 0.491. The Balaban J connectivity index is 2.02. The molecule has 0 spiro atoms. The Morgan fingerprint density at radius 1 is 1.48 bits per heavy atom. The average molecular weight is 356 g/mol. The van der Waals surface area contributed by atoms with E-state index in [1.807, 2.05) is 30.3 Å². The van der Waals surface area contributed by atoms with Crippen molar-refractivity contribution in [2.24, 2.45) is 5.10 Å². The largest absolute Gasteiger partial charge is 0.450 e. The lowest BCUT2D eigenvalue weighted by Crippen LogP contribution is -2.14. The average Bonchev–Trinajstić information content (AvgIpc) is 2.90. The Bertz CT molecular complexity index is 993. The SMILES string of the molecule is CCOC(=O)Nc1cc2c([nH]c(=S)n2/N=C/c2ccccc2)c(N)n1. The molecule has 3 aromatic rings. The highest BCUT2D eigenvalue weighted by Crippen LogP contribution is 2.22. The number of nitrogens with zero attached hydrogens (tertiary/aromatic N) is 3. The first-order valence-corrected chi connectivity index (χ1v) is 7.93. The smallest absolute Gasteiger partial charge is 0.412 e. The van der Waals surface area contributed by atoms with E-state index < -0.39 is 6.09 Å². The van der Waals surface area contributed by atoms with E-state index in [4.69, 9.17) is 22.7 Å². The number of nitrogens with two attached hydrogens (primary N) is 1. The van der Waals surface area contributed by atoms with Crippen molar-refractivity contribution < 1.29 is 9.53 Å². The molecule has 128 valence electrons. The minimum atomic E-state index is -0.609. The maximum Gasteiger partial charge on any atom is 0.412 e. The van der Waals surface area contributed by atoms with Crippen molar-refractivity contribution >= 4 is 47.2 Å². The number of fused-ring (bicyclic) bond motifs is 1. The van der Waals surface area contributed by atoms with Crippen LogP contribution in [0.5, 0.6) is 0 Å². The lowest BCUT2D eigenvalue weighted by atomic mass is 10.2. The lowest BCUT2D eigenvalue weighted by Gasteiger charge is -2.06. The second kappa shape index (κ2) is 7.14. The predicted molar refractivity (Wildman–Crippen MR) is 99.4 cm³/mol. The number of aromatic nitrogens is 3. The minimum absolute atomic E-state index is 0.198. The van der Waals surface area contributed by atoms with Crippen LogP contribution in [0.4, 0.5) is 16.4 Å². The summed E-state index contributed by atoms with van der Waals surface area (Å²) in [5, 5.41) is 6.91. The van der Waals surface area contributed by atoms with Gasteiger partial charge < -0.3 is 15.5 Å². The van der Waals surface area contributed by atoms with Crippen LogP contribution in [0.1, 0.15) is 12.5 Å². The van der Waals surface area contributed by atoms with Crippen molar-refractivity contribution in [3.8, 4) is 0 Å². The summed E-state index contributed by atoms with van der Waals surface area (Å²) in [6.45, 7) is 1.97. The van der Waals surface area contributed by atoms with Gasteiger partial charge in [-0.3, -0.25) is 5.32 Å². The van der Waals surface area contributed by atoms with E-state index in [9.17, 15) is 4.79 Å². The van der Waals surface area contributed by atoms with Crippen molar-refractivity contribution in [1.29, 1.82) is 0 Å². The van der Waals surface area contributed by atoms with Gasteiger partial charge >= 0.3 is 6.09 Å². The number of anilines is 2. The molecule has 9 heteroatoms. The van der Waals surface area contributed by atoms with E-state index in [2.05, 4.69) is 20.4 Å². The topological polar surface area (TPSA) is 110 Å². The zero-order chi connectivity index (χ0) is 17.8. The number of ether oxygens (including phenoxy) is 1. The molecule has 1 amide bonds. The summed E-state index contributed by atoms with van der Waals surface area (Å²) in [7, 11) is 0. The number of carbonyl (C=O) groups is 1. The fraction of sp³-hybridized carbons (Fsp3) is 0.125. The van der Waals surface area contributed by atoms with Gasteiger partial charge in [-0.25, -0.2) is 14.5 Å². The monoisotopic (exact) mass is 356 g/mol. The molecule has 2 aromatic heterocycles. The normalized spacial score (nSPS) is 11.1. The summed E-state index contributed by atoms with van der Waals surface area (Å²) in [4.78, 5) is 18.7. The second-order valence-corrected chi connectivity index (χ2v) is 5.42. The standard InChI is InChI=1S/C16H16N6O2S/c1-2-24-16(23)20-12-8-11-13(14(17)19-12)21-15(25)22(11)18-9-10-6-4-3-5-7-10/h3-9H,2H2,1H3,(H,21,25)(H3,17,19,20,23)/b18-9+. The van der Waals surface area contributed by atoms with E-state index in [0.29, 0.717) is 15.8 Å². The molecule has 25 heavy (non-hydrogen) atoms. The van der Waals surface area contributed by atoms with Crippen LogP contribution in [0.3, 0.4) is 0 Å². The Morgan fingerprint density at radius 3 is 2.96 bits per heavy atom. The number of H-pyrrole nitrogens is 1. The van der Waals surface area contributed by atoms with Gasteiger partial charge in [-0.2, -0.15) is 5.10 Å². The van der Waals surface area contributed by atoms with Gasteiger partial charge in [0.15, 0.2) is 10.6 Å². The number of imidazole rings is 1. The van der Waals surface area contributed by atoms with Crippen molar-refractivity contribution in [3.63, 3.8) is 0 Å². The highest BCUT2D eigenvalue weighted by Gasteiger charge is 2.12. The number of aromatic amines is 1. The van der Waals surface area contributed by atoms with Crippen molar-refractivity contribution in [2.75, 3.05) is 17.7 Å². The first-order valence-electron chi connectivity index (χ1n) is 7.53. The number of amides is 1. The first kappa shape index (κ1) is 16.7. The van der Waals surface area contributed by atoms with Gasteiger partial charge in [-0.05, 0) is 24.7 Å². The van der Waals surface area contributed by atoms with Crippen LogP contribution >= 0.6 is 12.2 Å². The molecule has 0 saturated heterocycles. The zero-order valence-electron chi connectivity index (χ0n) is 13.4. The Kier molecular flexibility index (Phi) is 4.75. The zero-order valence-corrected chi connectivity index (χ0v) is 14.2. The Morgan fingerprint density at radius 2 is 2.24 bits per heavy atom. The summed E-state index contributed by atoms with van der Waals surface area (Å²) in [5.74, 6) is 0.449. The second-order valence-electron chi connectivity index (χ2n) is 5.03. The number of nitrogen functional groups attached to an aromatic ring is 1. The number of benzene rings is 1. The van der Waals surface area contributed by atoms with Gasteiger partial charge in [-0.15, -0.1) is 0 Å². The summed E-state index contributed by atoms with van der Waals surface area (Å²) in [6.07, 6.45) is 1.07. The van der Waals surface area contributed by atoms with Gasteiger partial charge in [0.25, 0.3) is 0 Å². The van der Waals surface area contributed by atoms with Crippen LogP contribution in [0, 0.1) is 4.77 Å². The molecule has 1 aromatic carbocycles. The third kappa shape index (κ3) is 3.66. The summed E-state index contributed by atoms with van der Waals surface area (Å²) < 4.78 is 6.73. The summed E-state index contributed by atoms with van der Waals surface area (Å²) in [5.41, 5.74) is 8.01. The molecular formula is C16H16N6O2S. The molecule has 8 nitrogen and oxygen atoms in total. The molecule has 0 unspecified atom stereocenters. The van der Waals surface area contributed by atoms with Crippen molar-refractivity contribution in [1.82, 2.24) is 14.6 Å². The van der Waals surface area contributed by atoms with Crippen LogP contribution in [-0.4, -0.2) is 33.6 Å². The first-order chi connectivity index (χ1) is 12.1. The Labute approximate surface area is 148 Å². The fourth-order valence-corrected chi connectivity index (χ4v) is 2.48. The Hall–Kier alpha value is -3.20. The number of pyridine rings is 1. The van der Waals surface area contributed by atoms with Gasteiger partial charge in [0, 0.05) is 6.07 Å². The molecule has 2 heterocycles. The third-order valence-corrected chi connectivity index (χ3v) is 3.58. The summed E-state index contributed by atoms with van der Waals surface area (Å²) in [6, 6.07) is 11.2. The number of hydrogen-bond donors (Lipinski definition) is 3. The molecule has 4 N–H and O–H groups in total. The van der Waals surface area contributed by atoms with Gasteiger partial charge in [0.1, 0.15) is 11.3 Å². The molecule has 0 aliphatic carbocycles. The maximum atomic E-state index is 11.6. The molecule has 0 atom stereocenters. The maximum absolute atomic E-state index is 11.6. The molecular weight excluding hydrogens is 340 g/mol. The molecule has 0 radical (unpaired) electrons. The van der Waals surface area contributed by atoms with Crippen LogP contribution in [0.25, 0.3) is 11.0 Å². The van der Waals surface area contributed by atoms with E-state index in [1.54, 1.807) is 19.2 Å². The van der Waals surface area contributed by atoms with E-state index in [0.717, 1.165) is 5.56 Å². The number of rotatable bonds is 4. The summed E-state index contributed by atoms with van der Waals surface area (Å²) >= 11 is 5.30. The van der Waals surface area contributed by atoms with Gasteiger partial charge in [0.2, 0.25) is 0 Å². The number of carbonyl (C=O) groups excluding carboxylic acids is 1. The lowest BCUT2D eigenvalue weighted by molar-refractivity contribution is 0.168.